The summed E-state index contributed by atoms with van der Waals surface area (Å²) in [6, 6.07) is 12.3. The smallest absolute Gasteiger partial charge is 0.168 e. The van der Waals surface area contributed by atoms with Gasteiger partial charge in [0, 0.05) is 48.7 Å². The summed E-state index contributed by atoms with van der Waals surface area (Å²) in [5.74, 6) is 0.757. The van der Waals surface area contributed by atoms with Gasteiger partial charge in [0.25, 0.3) is 0 Å². The molecule has 0 radical (unpaired) electrons. The van der Waals surface area contributed by atoms with E-state index in [2.05, 4.69) is 48.6 Å². The van der Waals surface area contributed by atoms with Crippen molar-refractivity contribution < 1.29 is 10.2 Å². The second-order valence-electron chi connectivity index (χ2n) is 10.9. The van der Waals surface area contributed by atoms with Gasteiger partial charge in [-0.3, -0.25) is 20.0 Å². The molecule has 198 valence electrons. The van der Waals surface area contributed by atoms with Crippen molar-refractivity contribution in [2.75, 3.05) is 18.4 Å². The Hall–Kier alpha value is -3.33. The number of aromatic nitrogens is 4. The van der Waals surface area contributed by atoms with E-state index in [0.717, 1.165) is 83.8 Å². The van der Waals surface area contributed by atoms with Crippen molar-refractivity contribution in [3.05, 3.63) is 71.9 Å². The van der Waals surface area contributed by atoms with Gasteiger partial charge < -0.3 is 15.5 Å². The maximum absolute atomic E-state index is 11.0. The van der Waals surface area contributed by atoms with Gasteiger partial charge in [-0.05, 0) is 66.6 Å². The zero-order valence-corrected chi connectivity index (χ0v) is 21.7. The molecule has 4 N–H and O–H groups in total. The first kappa shape index (κ1) is 25.0. The monoisotopic (exact) mass is 512 g/mol. The molecule has 1 saturated heterocycles. The van der Waals surface area contributed by atoms with E-state index in [4.69, 9.17) is 0 Å². The van der Waals surface area contributed by atoms with Crippen molar-refractivity contribution in [2.45, 2.75) is 63.8 Å². The summed E-state index contributed by atoms with van der Waals surface area (Å²) in [5.41, 5.74) is 6.50. The summed E-state index contributed by atoms with van der Waals surface area (Å²) in [4.78, 5) is 11.5. The van der Waals surface area contributed by atoms with Crippen molar-refractivity contribution in [1.29, 1.82) is 0 Å². The lowest BCUT2D eigenvalue weighted by Crippen LogP contribution is -2.35. The van der Waals surface area contributed by atoms with E-state index in [1.807, 2.05) is 30.6 Å². The fourth-order valence-electron chi connectivity index (χ4n) is 5.86. The molecule has 38 heavy (non-hydrogen) atoms. The molecule has 1 aliphatic carbocycles. The van der Waals surface area contributed by atoms with Crippen LogP contribution in [0.5, 0.6) is 0 Å². The van der Waals surface area contributed by atoms with Crippen LogP contribution in [0.1, 0.15) is 61.7 Å². The van der Waals surface area contributed by atoms with Gasteiger partial charge in [-0.1, -0.05) is 31.7 Å². The largest absolute Gasteiger partial charge is 0.393 e. The molecule has 6 rings (SSSR count). The molecule has 0 spiro atoms. The van der Waals surface area contributed by atoms with E-state index in [0.29, 0.717) is 5.69 Å². The SMILES string of the molecule is OC1CCN(Cc2cncc(-c3ccc4n[nH]c(C(O)Nc5ccc(CC6CCCC6)nc5)c4c3)c2)CC1. The Labute approximate surface area is 223 Å². The average Bonchev–Trinajstić information content (AvgIpc) is 3.61. The maximum Gasteiger partial charge on any atom is 0.168 e. The fourth-order valence-corrected chi connectivity index (χ4v) is 5.86. The summed E-state index contributed by atoms with van der Waals surface area (Å²) in [6.45, 7) is 2.63. The van der Waals surface area contributed by atoms with Crippen LogP contribution in [0, 0.1) is 5.92 Å². The highest BCUT2D eigenvalue weighted by Gasteiger charge is 2.19. The van der Waals surface area contributed by atoms with Crippen LogP contribution in [-0.2, 0) is 13.0 Å². The van der Waals surface area contributed by atoms with Crippen LogP contribution >= 0.6 is 0 Å². The molecule has 8 heteroatoms. The number of aliphatic hydroxyl groups is 2. The van der Waals surface area contributed by atoms with E-state index in [-0.39, 0.29) is 6.10 Å². The topological polar surface area (TPSA) is 110 Å². The number of hydrogen-bond acceptors (Lipinski definition) is 7. The predicted octanol–water partition coefficient (Wildman–Crippen LogP) is 4.81. The minimum absolute atomic E-state index is 0.173. The van der Waals surface area contributed by atoms with Crippen LogP contribution in [0.3, 0.4) is 0 Å². The molecule has 8 nitrogen and oxygen atoms in total. The number of H-pyrrole nitrogens is 1. The lowest BCUT2D eigenvalue weighted by molar-refractivity contribution is 0.0792. The van der Waals surface area contributed by atoms with Crippen LogP contribution in [0.4, 0.5) is 5.69 Å². The highest BCUT2D eigenvalue weighted by atomic mass is 16.3. The van der Waals surface area contributed by atoms with Crippen LogP contribution < -0.4 is 5.32 Å². The average molecular weight is 513 g/mol. The Morgan fingerprint density at radius 2 is 1.82 bits per heavy atom. The van der Waals surface area contributed by atoms with E-state index >= 15 is 0 Å². The number of aromatic amines is 1. The second-order valence-corrected chi connectivity index (χ2v) is 10.9. The number of likely N-dealkylation sites (tertiary alicyclic amines) is 1. The predicted molar refractivity (Wildman–Crippen MR) is 148 cm³/mol. The van der Waals surface area contributed by atoms with Crippen LogP contribution in [0.15, 0.2) is 55.0 Å². The number of fused-ring (bicyclic) bond motifs is 1. The molecular weight excluding hydrogens is 476 g/mol. The number of anilines is 1. The first-order chi connectivity index (χ1) is 18.6. The van der Waals surface area contributed by atoms with Gasteiger partial charge in [0.15, 0.2) is 6.23 Å². The van der Waals surface area contributed by atoms with Crippen LogP contribution in [0.2, 0.25) is 0 Å². The lowest BCUT2D eigenvalue weighted by Gasteiger charge is -2.29. The summed E-state index contributed by atoms with van der Waals surface area (Å²) in [6.07, 6.45) is 12.4. The zero-order valence-electron chi connectivity index (χ0n) is 21.7. The summed E-state index contributed by atoms with van der Waals surface area (Å²) < 4.78 is 0. The number of nitrogens with zero attached hydrogens (tertiary/aromatic N) is 4. The van der Waals surface area contributed by atoms with E-state index < -0.39 is 6.23 Å². The first-order valence-corrected chi connectivity index (χ1v) is 13.8. The molecule has 0 amide bonds. The Bertz CT molecular complexity index is 1360. The molecule has 1 aromatic carbocycles. The number of nitrogens with one attached hydrogen (secondary N) is 2. The Kier molecular flexibility index (Phi) is 7.35. The highest BCUT2D eigenvalue weighted by Crippen LogP contribution is 2.30. The normalized spacial score (nSPS) is 18.3. The number of aliphatic hydroxyl groups excluding tert-OH is 2. The first-order valence-electron chi connectivity index (χ1n) is 13.8. The van der Waals surface area contributed by atoms with Crippen LogP contribution in [-0.4, -0.2) is 54.5 Å². The molecule has 0 bridgehead atoms. The molecule has 2 aliphatic rings. The van der Waals surface area contributed by atoms with Crippen molar-refractivity contribution >= 4 is 16.6 Å². The van der Waals surface area contributed by atoms with Crippen molar-refractivity contribution in [2.24, 2.45) is 5.92 Å². The Balaban J connectivity index is 1.16. The summed E-state index contributed by atoms with van der Waals surface area (Å²) in [5, 5.41) is 32.3. The molecule has 2 fully saturated rings. The lowest BCUT2D eigenvalue weighted by atomic mass is 10.0. The molecule has 1 saturated carbocycles. The minimum atomic E-state index is -0.948. The molecule has 1 aliphatic heterocycles. The number of hydrogen-bond donors (Lipinski definition) is 4. The maximum atomic E-state index is 11.0. The van der Waals surface area contributed by atoms with Gasteiger partial charge in [-0.15, -0.1) is 0 Å². The van der Waals surface area contributed by atoms with Crippen LogP contribution in [0.25, 0.3) is 22.0 Å². The molecular formula is C30H36N6O2. The highest BCUT2D eigenvalue weighted by molar-refractivity contribution is 5.87. The third kappa shape index (κ3) is 5.72. The quantitative estimate of drug-likeness (QED) is 0.251. The van der Waals surface area contributed by atoms with Crippen molar-refractivity contribution in [3.8, 4) is 11.1 Å². The second kappa shape index (κ2) is 11.2. The molecule has 4 aromatic rings. The van der Waals surface area contributed by atoms with Crippen molar-refractivity contribution in [3.63, 3.8) is 0 Å². The van der Waals surface area contributed by atoms with E-state index in [1.165, 1.54) is 25.7 Å². The van der Waals surface area contributed by atoms with E-state index in [1.54, 1.807) is 6.20 Å². The van der Waals surface area contributed by atoms with Gasteiger partial charge in [0.05, 0.1) is 29.2 Å². The van der Waals surface area contributed by atoms with Gasteiger partial charge in [0.2, 0.25) is 0 Å². The molecule has 1 atom stereocenters. The fraction of sp³-hybridized carbons (Fsp3) is 0.433. The van der Waals surface area contributed by atoms with Gasteiger partial charge in [-0.25, -0.2) is 0 Å². The van der Waals surface area contributed by atoms with Gasteiger partial charge in [-0.2, -0.15) is 5.10 Å². The standard InChI is InChI=1S/C30H36N6O2/c37-26-9-11-36(12-10-26)19-21-13-23(17-31-16-21)22-5-8-28-27(15-22)29(35-34-28)30(38)33-25-7-6-24(32-18-25)14-20-3-1-2-4-20/h5-8,13,15-18,20,26,30,33,37-38H,1-4,9-12,14,19H2,(H,34,35). The number of benzene rings is 1. The summed E-state index contributed by atoms with van der Waals surface area (Å²) >= 11 is 0. The third-order valence-corrected chi connectivity index (χ3v) is 8.05. The molecule has 1 unspecified atom stereocenters. The Morgan fingerprint density at radius 3 is 2.61 bits per heavy atom. The molecule has 3 aromatic heterocycles. The van der Waals surface area contributed by atoms with Crippen molar-refractivity contribution in [1.82, 2.24) is 25.1 Å². The van der Waals surface area contributed by atoms with Gasteiger partial charge >= 0.3 is 0 Å². The van der Waals surface area contributed by atoms with Gasteiger partial charge in [0.1, 0.15) is 0 Å². The summed E-state index contributed by atoms with van der Waals surface area (Å²) in [7, 11) is 0. The third-order valence-electron chi connectivity index (χ3n) is 8.05. The number of piperidine rings is 1. The number of pyridine rings is 2. The zero-order chi connectivity index (χ0) is 25.9. The number of rotatable bonds is 8. The minimum Gasteiger partial charge on any atom is -0.393 e. The molecule has 4 heterocycles. The Morgan fingerprint density at radius 1 is 0.974 bits per heavy atom. The van der Waals surface area contributed by atoms with E-state index in [9.17, 15) is 10.2 Å².